The van der Waals surface area contributed by atoms with Gasteiger partial charge in [-0.25, -0.2) is 0 Å². The predicted molar refractivity (Wildman–Crippen MR) is 83.3 cm³/mol. The Kier molecular flexibility index (Phi) is 5.11. The molecule has 0 spiro atoms. The molecule has 0 aliphatic rings. The Bertz CT molecular complexity index is 621. The van der Waals surface area contributed by atoms with Gasteiger partial charge in [0.25, 0.3) is 5.91 Å². The number of carbonyl (C=O) groups excluding carboxylic acids is 2. The highest BCUT2D eigenvalue weighted by Gasteiger charge is 2.18. The van der Waals surface area contributed by atoms with E-state index >= 15 is 0 Å². The van der Waals surface area contributed by atoms with Crippen LogP contribution in [0.5, 0.6) is 0 Å². The van der Waals surface area contributed by atoms with E-state index in [9.17, 15) is 9.59 Å². The molecule has 0 aliphatic carbocycles. The zero-order valence-corrected chi connectivity index (χ0v) is 12.8. The van der Waals surface area contributed by atoms with Crippen LogP contribution >= 0.6 is 11.3 Å². The van der Waals surface area contributed by atoms with Gasteiger partial charge in [0.05, 0.1) is 18.4 Å². The van der Waals surface area contributed by atoms with Gasteiger partial charge >= 0.3 is 5.97 Å². The summed E-state index contributed by atoms with van der Waals surface area (Å²) < 4.78 is 4.60. The number of esters is 1. The number of methoxy groups -OCH3 is 1. The van der Waals surface area contributed by atoms with Crippen molar-refractivity contribution in [2.24, 2.45) is 0 Å². The van der Waals surface area contributed by atoms with E-state index in [2.05, 4.69) is 10.1 Å². The van der Waals surface area contributed by atoms with Crippen LogP contribution in [0.3, 0.4) is 0 Å². The number of amides is 1. The molecule has 0 saturated carbocycles. The summed E-state index contributed by atoms with van der Waals surface area (Å²) in [5.41, 5.74) is 1.91. The first-order chi connectivity index (χ1) is 10.1. The van der Waals surface area contributed by atoms with E-state index in [1.165, 1.54) is 18.4 Å². The first-order valence-electron chi connectivity index (χ1n) is 6.62. The lowest BCUT2D eigenvalue weighted by molar-refractivity contribution is -0.141. The molecule has 0 aliphatic heterocycles. The number of carbonyl (C=O) groups is 2. The van der Waals surface area contributed by atoms with Crippen LogP contribution in [0.4, 0.5) is 0 Å². The average molecular weight is 303 g/mol. The van der Waals surface area contributed by atoms with Gasteiger partial charge in [-0.3, -0.25) is 9.59 Å². The van der Waals surface area contributed by atoms with Gasteiger partial charge in [-0.2, -0.15) is 0 Å². The number of rotatable bonds is 5. The second kappa shape index (κ2) is 7.04. The number of benzene rings is 1. The van der Waals surface area contributed by atoms with Gasteiger partial charge in [0.15, 0.2) is 0 Å². The van der Waals surface area contributed by atoms with Crippen molar-refractivity contribution in [3.63, 3.8) is 0 Å². The molecule has 1 aromatic carbocycles. The van der Waals surface area contributed by atoms with Crippen LogP contribution in [0.2, 0.25) is 0 Å². The topological polar surface area (TPSA) is 55.4 Å². The summed E-state index contributed by atoms with van der Waals surface area (Å²) in [6.07, 6.45) is 0.161. The van der Waals surface area contributed by atoms with Gasteiger partial charge < -0.3 is 10.1 Å². The Morgan fingerprint density at radius 2 is 1.95 bits per heavy atom. The molecule has 1 heterocycles. The van der Waals surface area contributed by atoms with Crippen molar-refractivity contribution in [1.82, 2.24) is 5.32 Å². The number of nitrogens with one attached hydrogen (secondary N) is 1. The van der Waals surface area contributed by atoms with Crippen LogP contribution in [0.15, 0.2) is 41.8 Å². The maximum atomic E-state index is 12.3. The lowest BCUT2D eigenvalue weighted by Gasteiger charge is -2.12. The Hall–Kier alpha value is -2.14. The fraction of sp³-hybridized carbons (Fsp3) is 0.250. The van der Waals surface area contributed by atoms with Crippen LogP contribution in [-0.2, 0) is 9.53 Å². The molecule has 1 aromatic heterocycles. The van der Waals surface area contributed by atoms with E-state index in [1.54, 1.807) is 6.92 Å². The second-order valence-corrected chi connectivity index (χ2v) is 5.60. The van der Waals surface area contributed by atoms with Crippen molar-refractivity contribution in [3.05, 3.63) is 46.7 Å². The minimum absolute atomic E-state index is 0.161. The Morgan fingerprint density at radius 3 is 2.62 bits per heavy atom. The van der Waals surface area contributed by atoms with E-state index in [1.807, 2.05) is 41.8 Å². The maximum absolute atomic E-state index is 12.3. The molecule has 2 aromatic rings. The molecule has 1 unspecified atom stereocenters. The molecule has 1 amide bonds. The summed E-state index contributed by atoms with van der Waals surface area (Å²) in [6, 6.07) is 11.4. The molecule has 0 bridgehead atoms. The zero-order valence-electron chi connectivity index (χ0n) is 12.0. The first-order valence-corrected chi connectivity index (χ1v) is 7.50. The Labute approximate surface area is 127 Å². The van der Waals surface area contributed by atoms with Crippen molar-refractivity contribution >= 4 is 23.2 Å². The van der Waals surface area contributed by atoms with Crippen LogP contribution in [0.1, 0.15) is 23.0 Å². The quantitative estimate of drug-likeness (QED) is 0.864. The summed E-state index contributed by atoms with van der Waals surface area (Å²) >= 11 is 1.39. The third-order valence-corrected chi connectivity index (χ3v) is 3.95. The lowest BCUT2D eigenvalue weighted by atomic mass is 10.1. The van der Waals surface area contributed by atoms with Crippen LogP contribution < -0.4 is 5.32 Å². The lowest BCUT2D eigenvalue weighted by Crippen LogP contribution is -2.34. The number of ether oxygens (including phenoxy) is 1. The molecule has 5 heteroatoms. The van der Waals surface area contributed by atoms with E-state index < -0.39 is 0 Å². The third-order valence-electron chi connectivity index (χ3n) is 3.03. The largest absolute Gasteiger partial charge is 0.469 e. The first kappa shape index (κ1) is 15.3. The number of hydrogen-bond acceptors (Lipinski definition) is 4. The third kappa shape index (κ3) is 3.92. The number of thiophene rings is 1. The summed E-state index contributed by atoms with van der Waals surface area (Å²) in [5, 5.41) is 4.72. The SMILES string of the molecule is COC(=O)CC(C)NC(=O)c1sccc1-c1ccccc1. The molecular formula is C16H17NO3S. The van der Waals surface area contributed by atoms with Gasteiger partial charge in [-0.05, 0) is 23.9 Å². The summed E-state index contributed by atoms with van der Waals surface area (Å²) in [6.45, 7) is 1.78. The highest BCUT2D eigenvalue weighted by Crippen LogP contribution is 2.28. The fourth-order valence-electron chi connectivity index (χ4n) is 2.00. The molecule has 1 atom stereocenters. The molecule has 2 rings (SSSR count). The van der Waals surface area contributed by atoms with Gasteiger partial charge in [-0.15, -0.1) is 11.3 Å². The molecule has 0 fully saturated rings. The highest BCUT2D eigenvalue weighted by molar-refractivity contribution is 7.12. The van der Waals surface area contributed by atoms with Crippen molar-refractivity contribution in [1.29, 1.82) is 0 Å². The zero-order chi connectivity index (χ0) is 15.2. The molecule has 0 radical (unpaired) electrons. The van der Waals surface area contributed by atoms with E-state index in [-0.39, 0.29) is 24.3 Å². The average Bonchev–Trinajstić information content (AvgIpc) is 2.97. The second-order valence-electron chi connectivity index (χ2n) is 4.68. The van der Waals surface area contributed by atoms with Gasteiger partial charge in [-0.1, -0.05) is 30.3 Å². The van der Waals surface area contributed by atoms with Gasteiger partial charge in [0.1, 0.15) is 0 Å². The van der Waals surface area contributed by atoms with E-state index in [4.69, 9.17) is 0 Å². The van der Waals surface area contributed by atoms with Crippen molar-refractivity contribution < 1.29 is 14.3 Å². The minimum atomic E-state index is -0.336. The normalized spacial score (nSPS) is 11.7. The monoisotopic (exact) mass is 303 g/mol. The predicted octanol–water partition coefficient (Wildman–Crippen LogP) is 3.10. The molecule has 4 nitrogen and oxygen atoms in total. The molecular weight excluding hydrogens is 286 g/mol. The van der Waals surface area contributed by atoms with Crippen LogP contribution in [0, 0.1) is 0 Å². The highest BCUT2D eigenvalue weighted by atomic mass is 32.1. The molecule has 110 valence electrons. The molecule has 0 saturated heterocycles. The van der Waals surface area contributed by atoms with Crippen LogP contribution in [-0.4, -0.2) is 25.0 Å². The Morgan fingerprint density at radius 1 is 1.24 bits per heavy atom. The maximum Gasteiger partial charge on any atom is 0.307 e. The van der Waals surface area contributed by atoms with Crippen molar-refractivity contribution in [2.45, 2.75) is 19.4 Å². The standard InChI is InChI=1S/C16H17NO3S/c1-11(10-14(18)20-2)17-16(19)15-13(8-9-21-15)12-6-4-3-5-7-12/h3-9,11H,10H2,1-2H3,(H,17,19). The molecule has 21 heavy (non-hydrogen) atoms. The van der Waals surface area contributed by atoms with Gasteiger partial charge in [0.2, 0.25) is 0 Å². The van der Waals surface area contributed by atoms with Crippen molar-refractivity contribution in [3.8, 4) is 11.1 Å². The Balaban J connectivity index is 2.11. The van der Waals surface area contributed by atoms with Gasteiger partial charge in [0, 0.05) is 11.6 Å². The summed E-state index contributed by atoms with van der Waals surface area (Å²) in [4.78, 5) is 24.2. The summed E-state index contributed by atoms with van der Waals surface area (Å²) in [5.74, 6) is -0.502. The van der Waals surface area contributed by atoms with E-state index in [0.29, 0.717) is 4.88 Å². The van der Waals surface area contributed by atoms with E-state index in [0.717, 1.165) is 11.1 Å². The smallest absolute Gasteiger partial charge is 0.307 e. The fourth-order valence-corrected chi connectivity index (χ4v) is 2.82. The number of hydrogen-bond donors (Lipinski definition) is 1. The summed E-state index contributed by atoms with van der Waals surface area (Å²) in [7, 11) is 1.34. The molecule has 1 N–H and O–H groups in total. The van der Waals surface area contributed by atoms with Crippen molar-refractivity contribution in [2.75, 3.05) is 7.11 Å². The minimum Gasteiger partial charge on any atom is -0.469 e. The van der Waals surface area contributed by atoms with Crippen LogP contribution in [0.25, 0.3) is 11.1 Å².